The molecule has 1 rings (SSSR count). The van der Waals surface area contributed by atoms with Crippen molar-refractivity contribution < 1.29 is 0 Å². The van der Waals surface area contributed by atoms with E-state index in [1.807, 2.05) is 0 Å². The minimum Gasteiger partial charge on any atom is -0.329 e. The van der Waals surface area contributed by atoms with Crippen LogP contribution in [0, 0.1) is 0 Å². The van der Waals surface area contributed by atoms with Gasteiger partial charge < -0.3 is 5.73 Å². The number of nitrogens with zero attached hydrogens (tertiary/aromatic N) is 1. The van der Waals surface area contributed by atoms with E-state index < -0.39 is 0 Å². The molecule has 90 valence electrons. The standard InChI is InChI=1S/C13H28N2/c1-3-5-8-13(11-14)15-10-7-6-9-12(15)4-2/h12-13H,3-11,14H2,1-2H3. The molecule has 0 aromatic carbocycles. The molecule has 2 atom stereocenters. The highest BCUT2D eigenvalue weighted by Crippen LogP contribution is 2.23. The van der Waals surface area contributed by atoms with Crippen molar-refractivity contribution in [3.8, 4) is 0 Å². The van der Waals surface area contributed by atoms with Crippen LogP contribution in [-0.4, -0.2) is 30.1 Å². The van der Waals surface area contributed by atoms with E-state index in [4.69, 9.17) is 5.73 Å². The molecule has 1 heterocycles. The van der Waals surface area contributed by atoms with Gasteiger partial charge in [0.25, 0.3) is 0 Å². The zero-order valence-corrected chi connectivity index (χ0v) is 10.5. The molecule has 0 spiro atoms. The van der Waals surface area contributed by atoms with Gasteiger partial charge in [0.2, 0.25) is 0 Å². The van der Waals surface area contributed by atoms with E-state index in [9.17, 15) is 0 Å². The van der Waals surface area contributed by atoms with Crippen molar-refractivity contribution >= 4 is 0 Å². The summed E-state index contributed by atoms with van der Waals surface area (Å²) in [6, 6.07) is 1.46. The number of likely N-dealkylation sites (tertiary alicyclic amines) is 1. The van der Waals surface area contributed by atoms with Crippen LogP contribution in [0.4, 0.5) is 0 Å². The van der Waals surface area contributed by atoms with Crippen LogP contribution in [0.3, 0.4) is 0 Å². The molecule has 2 nitrogen and oxygen atoms in total. The molecule has 1 fully saturated rings. The molecule has 0 radical (unpaired) electrons. The first kappa shape index (κ1) is 13.0. The first-order valence-corrected chi connectivity index (χ1v) is 6.79. The molecule has 1 aliphatic rings. The van der Waals surface area contributed by atoms with Crippen LogP contribution in [-0.2, 0) is 0 Å². The molecular weight excluding hydrogens is 184 g/mol. The molecule has 0 aromatic rings. The Morgan fingerprint density at radius 2 is 2.13 bits per heavy atom. The molecule has 2 N–H and O–H groups in total. The molecule has 0 bridgehead atoms. The number of rotatable bonds is 6. The average Bonchev–Trinajstić information content (AvgIpc) is 2.30. The van der Waals surface area contributed by atoms with Crippen molar-refractivity contribution in [2.45, 2.75) is 70.9 Å². The molecule has 0 aliphatic carbocycles. The van der Waals surface area contributed by atoms with Crippen LogP contribution in [0.5, 0.6) is 0 Å². The Bertz CT molecular complexity index is 159. The number of hydrogen-bond donors (Lipinski definition) is 1. The van der Waals surface area contributed by atoms with Crippen LogP contribution in [0.15, 0.2) is 0 Å². The zero-order valence-electron chi connectivity index (χ0n) is 10.5. The summed E-state index contributed by atoms with van der Waals surface area (Å²) >= 11 is 0. The maximum absolute atomic E-state index is 5.92. The molecular formula is C13H28N2. The topological polar surface area (TPSA) is 29.3 Å². The normalized spacial score (nSPS) is 25.4. The Balaban J connectivity index is 2.47. The Hall–Kier alpha value is -0.0800. The number of piperidine rings is 1. The van der Waals surface area contributed by atoms with Crippen molar-refractivity contribution in [3.05, 3.63) is 0 Å². The van der Waals surface area contributed by atoms with Gasteiger partial charge in [-0.05, 0) is 32.2 Å². The first-order valence-electron chi connectivity index (χ1n) is 6.79. The summed E-state index contributed by atoms with van der Waals surface area (Å²) in [4.78, 5) is 2.69. The SMILES string of the molecule is CCCCC(CN)N1CCCCC1CC. The van der Waals surface area contributed by atoms with Gasteiger partial charge in [0.15, 0.2) is 0 Å². The predicted molar refractivity (Wildman–Crippen MR) is 67.0 cm³/mol. The van der Waals surface area contributed by atoms with Crippen molar-refractivity contribution in [2.24, 2.45) is 5.73 Å². The second-order valence-electron chi connectivity index (χ2n) is 4.83. The zero-order chi connectivity index (χ0) is 11.1. The third-order valence-corrected chi connectivity index (χ3v) is 3.78. The van der Waals surface area contributed by atoms with E-state index in [1.54, 1.807) is 0 Å². The summed E-state index contributed by atoms with van der Waals surface area (Å²) in [5.41, 5.74) is 5.92. The summed E-state index contributed by atoms with van der Waals surface area (Å²) in [6.07, 6.45) is 9.39. The van der Waals surface area contributed by atoms with E-state index in [0.29, 0.717) is 6.04 Å². The van der Waals surface area contributed by atoms with E-state index in [1.165, 1.54) is 51.5 Å². The van der Waals surface area contributed by atoms with E-state index in [-0.39, 0.29) is 0 Å². The van der Waals surface area contributed by atoms with Gasteiger partial charge in [-0.3, -0.25) is 4.90 Å². The fraction of sp³-hybridized carbons (Fsp3) is 1.00. The van der Waals surface area contributed by atoms with Gasteiger partial charge >= 0.3 is 0 Å². The summed E-state index contributed by atoms with van der Waals surface area (Å²) in [7, 11) is 0. The lowest BCUT2D eigenvalue weighted by Gasteiger charge is -2.40. The van der Waals surface area contributed by atoms with Gasteiger partial charge in [-0.1, -0.05) is 33.1 Å². The van der Waals surface area contributed by atoms with Gasteiger partial charge in [-0.2, -0.15) is 0 Å². The first-order chi connectivity index (χ1) is 7.33. The minimum atomic E-state index is 0.648. The fourth-order valence-corrected chi connectivity index (χ4v) is 2.80. The van der Waals surface area contributed by atoms with Crippen molar-refractivity contribution in [2.75, 3.05) is 13.1 Å². The van der Waals surface area contributed by atoms with Gasteiger partial charge in [0, 0.05) is 18.6 Å². The monoisotopic (exact) mass is 212 g/mol. The molecule has 1 aliphatic heterocycles. The van der Waals surface area contributed by atoms with E-state index in [2.05, 4.69) is 18.7 Å². The molecule has 0 saturated carbocycles. The van der Waals surface area contributed by atoms with Crippen LogP contribution < -0.4 is 5.73 Å². The lowest BCUT2D eigenvalue weighted by molar-refractivity contribution is 0.0891. The number of hydrogen-bond acceptors (Lipinski definition) is 2. The van der Waals surface area contributed by atoms with E-state index >= 15 is 0 Å². The smallest absolute Gasteiger partial charge is 0.0221 e. The molecule has 0 amide bonds. The summed E-state index contributed by atoms with van der Waals surface area (Å²) in [5.74, 6) is 0. The molecule has 1 saturated heterocycles. The lowest BCUT2D eigenvalue weighted by atomic mass is 9.96. The number of unbranched alkanes of at least 4 members (excludes halogenated alkanes) is 1. The summed E-state index contributed by atoms with van der Waals surface area (Å²) in [6.45, 7) is 6.71. The molecule has 2 heteroatoms. The summed E-state index contributed by atoms with van der Waals surface area (Å²) < 4.78 is 0. The Labute approximate surface area is 95.2 Å². The Kier molecular flexibility index (Phi) is 6.26. The second kappa shape index (κ2) is 7.24. The maximum Gasteiger partial charge on any atom is 0.0221 e. The van der Waals surface area contributed by atoms with E-state index in [0.717, 1.165) is 12.6 Å². The average molecular weight is 212 g/mol. The third kappa shape index (κ3) is 3.76. The molecule has 0 aromatic heterocycles. The highest BCUT2D eigenvalue weighted by atomic mass is 15.2. The highest BCUT2D eigenvalue weighted by molar-refractivity contribution is 4.82. The van der Waals surface area contributed by atoms with Crippen LogP contribution in [0.2, 0.25) is 0 Å². The van der Waals surface area contributed by atoms with Crippen LogP contribution in [0.1, 0.15) is 58.8 Å². The van der Waals surface area contributed by atoms with Gasteiger partial charge in [-0.25, -0.2) is 0 Å². The van der Waals surface area contributed by atoms with Crippen LogP contribution >= 0.6 is 0 Å². The Morgan fingerprint density at radius 1 is 1.33 bits per heavy atom. The van der Waals surface area contributed by atoms with Crippen molar-refractivity contribution in [1.29, 1.82) is 0 Å². The van der Waals surface area contributed by atoms with Crippen molar-refractivity contribution in [3.63, 3.8) is 0 Å². The summed E-state index contributed by atoms with van der Waals surface area (Å²) in [5, 5.41) is 0. The molecule has 15 heavy (non-hydrogen) atoms. The van der Waals surface area contributed by atoms with Gasteiger partial charge in [0.05, 0.1) is 0 Å². The second-order valence-corrected chi connectivity index (χ2v) is 4.83. The number of nitrogens with two attached hydrogens (primary N) is 1. The van der Waals surface area contributed by atoms with Gasteiger partial charge in [-0.15, -0.1) is 0 Å². The van der Waals surface area contributed by atoms with Crippen molar-refractivity contribution in [1.82, 2.24) is 4.90 Å². The Morgan fingerprint density at radius 3 is 2.73 bits per heavy atom. The molecule has 2 unspecified atom stereocenters. The third-order valence-electron chi connectivity index (χ3n) is 3.78. The quantitative estimate of drug-likeness (QED) is 0.733. The fourth-order valence-electron chi connectivity index (χ4n) is 2.80. The predicted octanol–water partition coefficient (Wildman–Crippen LogP) is 2.77. The maximum atomic E-state index is 5.92. The van der Waals surface area contributed by atoms with Gasteiger partial charge in [0.1, 0.15) is 0 Å². The largest absolute Gasteiger partial charge is 0.329 e. The highest BCUT2D eigenvalue weighted by Gasteiger charge is 2.26. The van der Waals surface area contributed by atoms with Crippen LogP contribution in [0.25, 0.3) is 0 Å². The minimum absolute atomic E-state index is 0.648. The lowest BCUT2D eigenvalue weighted by Crippen LogP contribution is -2.49.